The third-order valence-corrected chi connectivity index (χ3v) is 6.64. The molecule has 0 fully saturated rings. The first kappa shape index (κ1) is 25.7. The van der Waals surface area contributed by atoms with Crippen LogP contribution in [0, 0.1) is 15.9 Å². The molecule has 0 amide bonds. The van der Waals surface area contributed by atoms with Gasteiger partial charge in [0.05, 0.1) is 22.4 Å². The molecule has 0 aliphatic carbocycles. The van der Waals surface area contributed by atoms with Crippen molar-refractivity contribution in [2.24, 2.45) is 0 Å². The van der Waals surface area contributed by atoms with Crippen LogP contribution in [0.15, 0.2) is 83.9 Å². The molecule has 37 heavy (non-hydrogen) atoms. The van der Waals surface area contributed by atoms with Crippen molar-refractivity contribution in [3.05, 3.63) is 111 Å². The summed E-state index contributed by atoms with van der Waals surface area (Å²) in [7, 11) is -4.58. The van der Waals surface area contributed by atoms with Crippen LogP contribution in [-0.2, 0) is 21.4 Å². The molecule has 0 aliphatic rings. The van der Waals surface area contributed by atoms with Crippen molar-refractivity contribution in [2.45, 2.75) is 11.5 Å². The Kier molecular flexibility index (Phi) is 7.41. The quantitative estimate of drug-likeness (QED) is 0.142. The van der Waals surface area contributed by atoms with Crippen molar-refractivity contribution < 1.29 is 27.3 Å². The van der Waals surface area contributed by atoms with Crippen LogP contribution in [0.3, 0.4) is 0 Å². The minimum absolute atomic E-state index is 0.136. The number of sulfonamides is 1. The predicted octanol–water partition coefficient (Wildman–Crippen LogP) is 5.00. The highest BCUT2D eigenvalue weighted by Crippen LogP contribution is 2.33. The Morgan fingerprint density at radius 3 is 2.49 bits per heavy atom. The average molecular weight is 543 g/mol. The number of para-hydroxylation sites is 1. The Balaban J connectivity index is 1.82. The van der Waals surface area contributed by atoms with Gasteiger partial charge in [0.2, 0.25) is 5.28 Å². The number of nitrogens with one attached hydrogen (secondary N) is 1. The molecule has 0 bridgehead atoms. The molecule has 0 spiro atoms. The second kappa shape index (κ2) is 10.7. The Hall–Kier alpha value is -4.42. The number of aromatic nitrogens is 2. The topological polar surface area (TPSA) is 141 Å². The third-order valence-electron chi connectivity index (χ3n) is 5.05. The summed E-state index contributed by atoms with van der Waals surface area (Å²) in [6.07, 6.45) is 0.800. The number of hydrogen-bond acceptors (Lipinski definition) is 8. The molecule has 1 N–H and O–H groups in total. The van der Waals surface area contributed by atoms with Crippen LogP contribution >= 0.6 is 11.6 Å². The molecule has 13 heteroatoms. The normalized spacial score (nSPS) is 11.1. The van der Waals surface area contributed by atoms with Crippen LogP contribution in [0.2, 0.25) is 5.28 Å². The first-order chi connectivity index (χ1) is 17.7. The third kappa shape index (κ3) is 5.71. The van der Waals surface area contributed by atoms with E-state index in [-0.39, 0.29) is 34.4 Å². The van der Waals surface area contributed by atoms with E-state index in [0.29, 0.717) is 5.56 Å². The lowest BCUT2D eigenvalue weighted by molar-refractivity contribution is -0.387. The van der Waals surface area contributed by atoms with Crippen LogP contribution in [0.1, 0.15) is 15.9 Å². The summed E-state index contributed by atoms with van der Waals surface area (Å²) in [6, 6.07) is 17.3. The predicted molar refractivity (Wildman–Crippen MR) is 132 cm³/mol. The summed E-state index contributed by atoms with van der Waals surface area (Å²) in [5, 5.41) is 11.1. The maximum Gasteiger partial charge on any atom is 0.341 e. The fraction of sp³-hybridized carbons (Fsp3) is 0.0417. The molecule has 0 unspecified atom stereocenters. The van der Waals surface area contributed by atoms with Crippen molar-refractivity contribution in [1.82, 2.24) is 9.97 Å². The second-order valence-corrected chi connectivity index (χ2v) is 9.44. The number of nitro groups is 1. The van der Waals surface area contributed by atoms with Crippen LogP contribution < -0.4 is 4.72 Å². The van der Waals surface area contributed by atoms with Gasteiger partial charge in [0.15, 0.2) is 10.7 Å². The number of nitro benzene ring substituents is 1. The van der Waals surface area contributed by atoms with Crippen molar-refractivity contribution in [3.8, 4) is 11.3 Å². The summed E-state index contributed by atoms with van der Waals surface area (Å²) < 4.78 is 48.6. The first-order valence-electron chi connectivity index (χ1n) is 10.5. The summed E-state index contributed by atoms with van der Waals surface area (Å²) in [6.45, 7) is -0.169. The van der Waals surface area contributed by atoms with Gasteiger partial charge in [-0.1, -0.05) is 54.6 Å². The van der Waals surface area contributed by atoms with Gasteiger partial charge < -0.3 is 4.74 Å². The van der Waals surface area contributed by atoms with Gasteiger partial charge in [0.25, 0.3) is 15.7 Å². The lowest BCUT2D eigenvalue weighted by Gasteiger charge is -2.16. The molecule has 10 nitrogen and oxygen atoms in total. The summed E-state index contributed by atoms with van der Waals surface area (Å²) in [5.41, 5.74) is -1.24. The first-order valence-corrected chi connectivity index (χ1v) is 12.3. The fourth-order valence-electron chi connectivity index (χ4n) is 3.42. The number of hydrogen-bond donors (Lipinski definition) is 1. The van der Waals surface area contributed by atoms with Gasteiger partial charge in [-0.15, -0.1) is 0 Å². The van der Waals surface area contributed by atoms with Crippen LogP contribution in [0.25, 0.3) is 11.3 Å². The molecule has 4 rings (SSSR count). The Morgan fingerprint density at radius 1 is 1.05 bits per heavy atom. The molecule has 0 atom stereocenters. The zero-order chi connectivity index (χ0) is 26.6. The number of carbonyl (C=O) groups excluding carboxylic acids is 1. The Labute approximate surface area is 214 Å². The van der Waals surface area contributed by atoms with Gasteiger partial charge in [0.1, 0.15) is 12.3 Å². The molecule has 3 aromatic carbocycles. The highest BCUT2D eigenvalue weighted by Gasteiger charge is 2.29. The standard InChI is InChI=1S/C24H16ClFN4O6S/c25-24-27-13-17(26)22(28-24)16-9-6-10-18(21(16)23(31)36-14-15-7-2-1-3-8-15)29-37(34,35)20-12-5-4-11-19(20)30(32)33/h1-13,29H,14H2. The Morgan fingerprint density at radius 2 is 1.76 bits per heavy atom. The number of halogens is 2. The molecule has 0 radical (unpaired) electrons. The number of nitrogens with zero attached hydrogens (tertiary/aromatic N) is 3. The van der Waals surface area contributed by atoms with E-state index in [4.69, 9.17) is 16.3 Å². The fourth-order valence-corrected chi connectivity index (χ4v) is 4.80. The number of benzene rings is 3. The van der Waals surface area contributed by atoms with E-state index in [1.54, 1.807) is 30.3 Å². The average Bonchev–Trinajstić information content (AvgIpc) is 2.89. The van der Waals surface area contributed by atoms with E-state index in [1.165, 1.54) is 30.3 Å². The van der Waals surface area contributed by atoms with Crippen molar-refractivity contribution in [3.63, 3.8) is 0 Å². The molecular weight excluding hydrogens is 527 g/mol. The van der Waals surface area contributed by atoms with Crippen molar-refractivity contribution in [1.29, 1.82) is 0 Å². The molecule has 0 saturated heterocycles. The maximum absolute atomic E-state index is 14.7. The van der Waals surface area contributed by atoms with E-state index < -0.39 is 37.3 Å². The summed E-state index contributed by atoms with van der Waals surface area (Å²) in [5.74, 6) is -1.94. The minimum atomic E-state index is -4.58. The number of ether oxygens (including phenoxy) is 1. The highest BCUT2D eigenvalue weighted by molar-refractivity contribution is 7.92. The lowest BCUT2D eigenvalue weighted by atomic mass is 10.0. The highest BCUT2D eigenvalue weighted by atomic mass is 35.5. The van der Waals surface area contributed by atoms with Gasteiger partial charge in [-0.05, 0) is 29.3 Å². The minimum Gasteiger partial charge on any atom is -0.457 e. The Bertz CT molecular complexity index is 1600. The number of rotatable bonds is 8. The van der Waals surface area contributed by atoms with E-state index in [2.05, 4.69) is 14.7 Å². The molecule has 1 heterocycles. The molecule has 4 aromatic rings. The van der Waals surface area contributed by atoms with Gasteiger partial charge >= 0.3 is 5.97 Å². The number of esters is 1. The smallest absolute Gasteiger partial charge is 0.341 e. The summed E-state index contributed by atoms with van der Waals surface area (Å²) >= 11 is 5.83. The van der Waals surface area contributed by atoms with Crippen LogP contribution in [-0.4, -0.2) is 29.3 Å². The second-order valence-electron chi connectivity index (χ2n) is 7.46. The zero-order valence-corrected chi connectivity index (χ0v) is 20.2. The van der Waals surface area contributed by atoms with Crippen molar-refractivity contribution >= 4 is 39.0 Å². The van der Waals surface area contributed by atoms with E-state index in [9.17, 15) is 27.7 Å². The molecular formula is C24H16ClFN4O6S. The van der Waals surface area contributed by atoms with Crippen molar-refractivity contribution in [2.75, 3.05) is 4.72 Å². The van der Waals surface area contributed by atoms with Crippen LogP contribution in [0.4, 0.5) is 15.8 Å². The molecule has 0 saturated carbocycles. The van der Waals surface area contributed by atoms with E-state index in [1.807, 2.05) is 0 Å². The van der Waals surface area contributed by atoms with Gasteiger partial charge in [-0.25, -0.2) is 27.6 Å². The van der Waals surface area contributed by atoms with E-state index in [0.717, 1.165) is 18.3 Å². The van der Waals surface area contributed by atoms with E-state index >= 15 is 0 Å². The van der Waals surface area contributed by atoms with Gasteiger partial charge in [-0.3, -0.25) is 14.8 Å². The monoisotopic (exact) mass is 542 g/mol. The van der Waals surface area contributed by atoms with Gasteiger partial charge in [-0.2, -0.15) is 0 Å². The SMILES string of the molecule is O=C(OCc1ccccc1)c1c(NS(=O)(=O)c2ccccc2[N+](=O)[O-])cccc1-c1nc(Cl)ncc1F. The number of anilines is 1. The molecule has 1 aromatic heterocycles. The molecule has 188 valence electrons. The number of carbonyl (C=O) groups is 1. The zero-order valence-electron chi connectivity index (χ0n) is 18.7. The maximum atomic E-state index is 14.7. The largest absolute Gasteiger partial charge is 0.457 e. The summed E-state index contributed by atoms with van der Waals surface area (Å²) in [4.78, 5) is 30.6. The van der Waals surface area contributed by atoms with Crippen LogP contribution in [0.5, 0.6) is 0 Å². The molecule has 0 aliphatic heterocycles. The van der Waals surface area contributed by atoms with Gasteiger partial charge in [0, 0.05) is 11.6 Å². The lowest BCUT2D eigenvalue weighted by Crippen LogP contribution is -2.18.